The smallest absolute Gasteiger partial charge is 0.224 e. The van der Waals surface area contributed by atoms with Crippen molar-refractivity contribution >= 4 is 11.8 Å². The second kappa shape index (κ2) is 11.4. The number of carbonyl (C=O) groups is 2. The zero-order valence-corrected chi connectivity index (χ0v) is 17.2. The van der Waals surface area contributed by atoms with E-state index >= 15 is 0 Å². The Hall–Kier alpha value is -2.44. The first kappa shape index (κ1) is 21.9. The van der Waals surface area contributed by atoms with Crippen LogP contribution < -0.4 is 19.5 Å². The van der Waals surface area contributed by atoms with E-state index in [9.17, 15) is 9.59 Å². The number of benzene rings is 1. The number of rotatable bonds is 9. The number of hydrogen-bond acceptors (Lipinski definition) is 5. The van der Waals surface area contributed by atoms with Crippen molar-refractivity contribution in [2.24, 2.45) is 0 Å². The zero-order valence-electron chi connectivity index (χ0n) is 17.2. The van der Waals surface area contributed by atoms with Gasteiger partial charge in [-0.1, -0.05) is 18.9 Å². The second-order valence-electron chi connectivity index (χ2n) is 6.89. The van der Waals surface area contributed by atoms with Crippen LogP contribution in [0.3, 0.4) is 0 Å². The number of nitrogens with zero attached hydrogens (tertiary/aromatic N) is 1. The lowest BCUT2D eigenvalue weighted by Crippen LogP contribution is -2.35. The summed E-state index contributed by atoms with van der Waals surface area (Å²) in [5.74, 6) is 1.72. The van der Waals surface area contributed by atoms with E-state index in [2.05, 4.69) is 5.32 Å². The fourth-order valence-electron chi connectivity index (χ4n) is 3.48. The maximum absolute atomic E-state index is 12.3. The Labute approximate surface area is 167 Å². The molecule has 0 aromatic heterocycles. The molecule has 0 unspecified atom stereocenters. The number of carbonyl (C=O) groups excluding carboxylic acids is 2. The van der Waals surface area contributed by atoms with Gasteiger partial charge in [-0.05, 0) is 30.9 Å². The molecule has 1 N–H and O–H groups in total. The van der Waals surface area contributed by atoms with E-state index in [4.69, 9.17) is 14.2 Å². The highest BCUT2D eigenvalue weighted by Gasteiger charge is 2.17. The van der Waals surface area contributed by atoms with Crippen LogP contribution in [0.2, 0.25) is 0 Å². The third-order valence-corrected chi connectivity index (χ3v) is 5.03. The van der Waals surface area contributed by atoms with Gasteiger partial charge in [0.25, 0.3) is 0 Å². The van der Waals surface area contributed by atoms with Gasteiger partial charge in [0.05, 0.1) is 21.3 Å². The lowest BCUT2D eigenvalue weighted by atomic mass is 10.1. The Morgan fingerprint density at radius 1 is 0.929 bits per heavy atom. The Kier molecular flexibility index (Phi) is 8.91. The molecule has 28 heavy (non-hydrogen) atoms. The summed E-state index contributed by atoms with van der Waals surface area (Å²) in [6.45, 7) is 2.05. The van der Waals surface area contributed by atoms with Gasteiger partial charge in [-0.25, -0.2) is 0 Å². The van der Waals surface area contributed by atoms with E-state index in [0.29, 0.717) is 43.1 Å². The first-order valence-electron chi connectivity index (χ1n) is 9.93. The van der Waals surface area contributed by atoms with Gasteiger partial charge in [-0.3, -0.25) is 9.59 Å². The Balaban J connectivity index is 1.80. The average molecular weight is 392 g/mol. The Morgan fingerprint density at radius 2 is 1.61 bits per heavy atom. The highest BCUT2D eigenvalue weighted by molar-refractivity contribution is 5.79. The van der Waals surface area contributed by atoms with Crippen LogP contribution in [0, 0.1) is 0 Å². The summed E-state index contributed by atoms with van der Waals surface area (Å²) in [5, 5.41) is 2.84. The summed E-state index contributed by atoms with van der Waals surface area (Å²) in [6.07, 6.45) is 5.71. The molecule has 1 aliphatic rings. The highest BCUT2D eigenvalue weighted by atomic mass is 16.5. The molecule has 7 heteroatoms. The zero-order chi connectivity index (χ0) is 20.4. The number of likely N-dealkylation sites (tertiary alicyclic amines) is 1. The quantitative estimate of drug-likeness (QED) is 0.699. The molecular formula is C21H32N2O5. The predicted molar refractivity (Wildman–Crippen MR) is 107 cm³/mol. The monoisotopic (exact) mass is 392 g/mol. The molecule has 0 atom stereocenters. The average Bonchev–Trinajstić information content (AvgIpc) is 3.00. The molecule has 2 rings (SSSR count). The van der Waals surface area contributed by atoms with Crippen LogP contribution in [-0.4, -0.2) is 57.7 Å². The normalized spacial score (nSPS) is 14.2. The van der Waals surface area contributed by atoms with E-state index in [1.807, 2.05) is 11.0 Å². The molecule has 7 nitrogen and oxygen atoms in total. The minimum absolute atomic E-state index is 0.0829. The molecule has 0 bridgehead atoms. The van der Waals surface area contributed by atoms with Crippen molar-refractivity contribution in [3.05, 3.63) is 17.7 Å². The molecule has 0 spiro atoms. The molecular weight excluding hydrogens is 360 g/mol. The van der Waals surface area contributed by atoms with Crippen LogP contribution in [0.25, 0.3) is 0 Å². The van der Waals surface area contributed by atoms with E-state index in [-0.39, 0.29) is 11.8 Å². The van der Waals surface area contributed by atoms with Gasteiger partial charge >= 0.3 is 0 Å². The van der Waals surface area contributed by atoms with E-state index < -0.39 is 0 Å². The molecule has 1 fully saturated rings. The Morgan fingerprint density at radius 3 is 2.21 bits per heavy atom. The third kappa shape index (κ3) is 6.04. The molecule has 0 aliphatic carbocycles. The fourth-order valence-corrected chi connectivity index (χ4v) is 3.48. The maximum atomic E-state index is 12.3. The van der Waals surface area contributed by atoms with Gasteiger partial charge in [0.1, 0.15) is 0 Å². The standard InChI is InChI=1S/C21H32N2O5/c1-26-17-10-8-16(20(27-2)21(17)28-3)9-11-18(24)22-13-12-19(25)23-14-6-4-5-7-15-23/h8,10H,4-7,9,11-15H2,1-3H3,(H,22,24). The largest absolute Gasteiger partial charge is 0.493 e. The van der Waals surface area contributed by atoms with Crippen molar-refractivity contribution < 1.29 is 23.8 Å². The summed E-state index contributed by atoms with van der Waals surface area (Å²) in [6, 6.07) is 3.67. The van der Waals surface area contributed by atoms with Crippen LogP contribution in [0.15, 0.2) is 12.1 Å². The van der Waals surface area contributed by atoms with Crippen molar-refractivity contribution in [3.63, 3.8) is 0 Å². The van der Waals surface area contributed by atoms with Crippen molar-refractivity contribution in [1.82, 2.24) is 10.2 Å². The van der Waals surface area contributed by atoms with Gasteiger partial charge in [0.2, 0.25) is 17.6 Å². The summed E-state index contributed by atoms with van der Waals surface area (Å²) in [5.41, 5.74) is 0.871. The minimum atomic E-state index is -0.0829. The molecule has 2 amide bonds. The minimum Gasteiger partial charge on any atom is -0.493 e. The number of nitrogens with one attached hydrogen (secondary N) is 1. The third-order valence-electron chi connectivity index (χ3n) is 5.03. The van der Waals surface area contributed by atoms with Crippen molar-refractivity contribution in [2.75, 3.05) is 41.0 Å². The van der Waals surface area contributed by atoms with Crippen molar-refractivity contribution in [2.45, 2.75) is 44.9 Å². The Bertz CT molecular complexity index is 654. The fraction of sp³-hybridized carbons (Fsp3) is 0.619. The maximum Gasteiger partial charge on any atom is 0.224 e. The summed E-state index contributed by atoms with van der Waals surface area (Å²) in [4.78, 5) is 26.4. The molecule has 1 aromatic rings. The topological polar surface area (TPSA) is 77.1 Å². The van der Waals surface area contributed by atoms with Crippen LogP contribution in [0.4, 0.5) is 0 Å². The SMILES string of the molecule is COc1ccc(CCC(=O)NCCC(=O)N2CCCCCC2)c(OC)c1OC. The molecule has 1 aliphatic heterocycles. The number of methoxy groups -OCH3 is 3. The molecule has 1 heterocycles. The van der Waals surface area contributed by atoms with Crippen LogP contribution in [-0.2, 0) is 16.0 Å². The van der Waals surface area contributed by atoms with Gasteiger partial charge in [0, 0.05) is 32.5 Å². The number of hydrogen-bond donors (Lipinski definition) is 1. The van der Waals surface area contributed by atoms with Crippen molar-refractivity contribution in [1.29, 1.82) is 0 Å². The van der Waals surface area contributed by atoms with Crippen LogP contribution in [0.1, 0.15) is 44.1 Å². The van der Waals surface area contributed by atoms with Crippen LogP contribution >= 0.6 is 0 Å². The van der Waals surface area contributed by atoms with Gasteiger partial charge in [0.15, 0.2) is 11.5 Å². The van der Waals surface area contributed by atoms with Crippen molar-refractivity contribution in [3.8, 4) is 17.2 Å². The van der Waals surface area contributed by atoms with Gasteiger partial charge < -0.3 is 24.4 Å². The summed E-state index contributed by atoms with van der Waals surface area (Å²) < 4.78 is 16.1. The molecule has 0 radical (unpaired) electrons. The van der Waals surface area contributed by atoms with E-state index in [0.717, 1.165) is 31.5 Å². The molecule has 0 saturated carbocycles. The lowest BCUT2D eigenvalue weighted by Gasteiger charge is -2.20. The molecule has 1 saturated heterocycles. The van der Waals surface area contributed by atoms with Gasteiger partial charge in [-0.15, -0.1) is 0 Å². The highest BCUT2D eigenvalue weighted by Crippen LogP contribution is 2.40. The molecule has 156 valence electrons. The number of aryl methyl sites for hydroxylation is 1. The number of ether oxygens (including phenoxy) is 3. The first-order valence-corrected chi connectivity index (χ1v) is 9.93. The van der Waals surface area contributed by atoms with Gasteiger partial charge in [-0.2, -0.15) is 0 Å². The summed E-state index contributed by atoms with van der Waals surface area (Å²) >= 11 is 0. The van der Waals surface area contributed by atoms with E-state index in [1.54, 1.807) is 27.4 Å². The van der Waals surface area contributed by atoms with E-state index in [1.165, 1.54) is 12.8 Å². The lowest BCUT2D eigenvalue weighted by molar-refractivity contribution is -0.131. The predicted octanol–water partition coefficient (Wildman–Crippen LogP) is 2.55. The first-order chi connectivity index (χ1) is 13.6. The summed E-state index contributed by atoms with van der Waals surface area (Å²) in [7, 11) is 4.69. The van der Waals surface area contributed by atoms with Crippen LogP contribution in [0.5, 0.6) is 17.2 Å². The second-order valence-corrected chi connectivity index (χ2v) is 6.89. The molecule has 1 aromatic carbocycles. The number of amides is 2.